The monoisotopic (exact) mass is 214 g/mol. The van der Waals surface area contributed by atoms with E-state index < -0.39 is 0 Å². The molecule has 2 rings (SSSR count). The highest BCUT2D eigenvalue weighted by Crippen LogP contribution is 2.50. The van der Waals surface area contributed by atoms with Crippen LogP contribution in [0.3, 0.4) is 0 Å². The quantitative estimate of drug-likeness (QED) is 0.724. The molecule has 1 atom stereocenters. The number of aliphatic hydroxyl groups is 1. The normalized spacial score (nSPS) is 38.8. The van der Waals surface area contributed by atoms with E-state index in [4.69, 9.17) is 0 Å². The molecule has 0 aromatic carbocycles. The third-order valence-electron chi connectivity index (χ3n) is 4.40. The van der Waals surface area contributed by atoms with Crippen LogP contribution in [0.15, 0.2) is 0 Å². The zero-order valence-corrected chi connectivity index (χ0v) is 10.2. The molecule has 0 aromatic rings. The minimum absolute atomic E-state index is 0.132. The first-order valence-electron chi connectivity index (χ1n) is 5.86. The van der Waals surface area contributed by atoms with E-state index in [1.165, 1.54) is 37.9 Å². The molecule has 1 aliphatic heterocycles. The highest BCUT2D eigenvalue weighted by atomic mass is 32.2. The fourth-order valence-corrected chi connectivity index (χ4v) is 4.78. The van der Waals surface area contributed by atoms with Crippen LogP contribution in [0.2, 0.25) is 0 Å². The molecule has 1 nitrogen and oxygen atoms in total. The van der Waals surface area contributed by atoms with Crippen LogP contribution >= 0.6 is 11.8 Å². The molecule has 1 saturated carbocycles. The van der Waals surface area contributed by atoms with Crippen molar-refractivity contribution in [2.45, 2.75) is 51.6 Å². The Labute approximate surface area is 91.7 Å². The second-order valence-electron chi connectivity index (χ2n) is 5.59. The molecule has 2 heteroatoms. The van der Waals surface area contributed by atoms with Crippen LogP contribution in [0.25, 0.3) is 0 Å². The zero-order valence-electron chi connectivity index (χ0n) is 9.38. The van der Waals surface area contributed by atoms with Crippen LogP contribution in [0.5, 0.6) is 0 Å². The molecule has 1 aliphatic carbocycles. The molecule has 0 bridgehead atoms. The van der Waals surface area contributed by atoms with Gasteiger partial charge >= 0.3 is 0 Å². The lowest BCUT2D eigenvalue weighted by atomic mass is 9.66. The third-order valence-corrected chi connectivity index (χ3v) is 5.53. The standard InChI is InChI=1S/C12H22OS/c1-11(2)7-8-14-9-12(11,13)10-5-3-4-6-10/h10,13H,3-9H2,1-2H3. The lowest BCUT2D eigenvalue weighted by Crippen LogP contribution is -2.54. The molecule has 82 valence electrons. The van der Waals surface area contributed by atoms with Crippen molar-refractivity contribution in [3.05, 3.63) is 0 Å². The highest BCUT2D eigenvalue weighted by molar-refractivity contribution is 7.99. The van der Waals surface area contributed by atoms with Crippen molar-refractivity contribution in [3.8, 4) is 0 Å². The maximum atomic E-state index is 10.9. The second kappa shape index (κ2) is 3.71. The Morgan fingerprint density at radius 2 is 1.86 bits per heavy atom. The summed E-state index contributed by atoms with van der Waals surface area (Å²) in [6.07, 6.45) is 6.33. The van der Waals surface area contributed by atoms with Crippen molar-refractivity contribution >= 4 is 11.8 Å². The Morgan fingerprint density at radius 1 is 1.21 bits per heavy atom. The molecule has 2 aliphatic rings. The summed E-state index contributed by atoms with van der Waals surface area (Å²) in [6.45, 7) is 4.51. The van der Waals surface area contributed by atoms with Gasteiger partial charge in [-0.05, 0) is 36.3 Å². The van der Waals surface area contributed by atoms with Gasteiger partial charge in [0, 0.05) is 5.75 Å². The molecular weight excluding hydrogens is 192 g/mol. The van der Waals surface area contributed by atoms with Crippen molar-refractivity contribution in [1.29, 1.82) is 0 Å². The van der Waals surface area contributed by atoms with Crippen LogP contribution in [-0.2, 0) is 0 Å². The van der Waals surface area contributed by atoms with Crippen LogP contribution in [-0.4, -0.2) is 22.2 Å². The van der Waals surface area contributed by atoms with Crippen molar-refractivity contribution < 1.29 is 5.11 Å². The van der Waals surface area contributed by atoms with Gasteiger partial charge in [0.1, 0.15) is 0 Å². The van der Waals surface area contributed by atoms with E-state index in [2.05, 4.69) is 13.8 Å². The maximum Gasteiger partial charge on any atom is 0.0816 e. The van der Waals surface area contributed by atoms with Gasteiger partial charge in [0.25, 0.3) is 0 Å². The Morgan fingerprint density at radius 3 is 2.43 bits per heavy atom. The summed E-state index contributed by atoms with van der Waals surface area (Å²) in [6, 6.07) is 0. The first-order chi connectivity index (χ1) is 6.56. The van der Waals surface area contributed by atoms with E-state index in [1.807, 2.05) is 11.8 Å². The molecule has 0 aromatic heterocycles. The van der Waals surface area contributed by atoms with Gasteiger partial charge in [0.05, 0.1) is 5.60 Å². The van der Waals surface area contributed by atoms with Crippen LogP contribution in [0, 0.1) is 11.3 Å². The molecule has 1 heterocycles. The predicted molar refractivity (Wildman–Crippen MR) is 62.6 cm³/mol. The average molecular weight is 214 g/mol. The summed E-state index contributed by atoms with van der Waals surface area (Å²) >= 11 is 1.94. The van der Waals surface area contributed by atoms with Gasteiger partial charge in [0.15, 0.2) is 0 Å². The number of rotatable bonds is 1. The minimum atomic E-state index is -0.383. The topological polar surface area (TPSA) is 20.2 Å². The van der Waals surface area contributed by atoms with E-state index in [1.54, 1.807) is 0 Å². The maximum absolute atomic E-state index is 10.9. The van der Waals surface area contributed by atoms with E-state index in [9.17, 15) is 5.11 Å². The lowest BCUT2D eigenvalue weighted by Gasteiger charge is -2.49. The zero-order chi connectivity index (χ0) is 10.2. The van der Waals surface area contributed by atoms with Crippen molar-refractivity contribution in [2.24, 2.45) is 11.3 Å². The number of thioether (sulfide) groups is 1. The van der Waals surface area contributed by atoms with E-state index in [0.717, 1.165) is 5.75 Å². The molecule has 14 heavy (non-hydrogen) atoms. The van der Waals surface area contributed by atoms with Gasteiger partial charge in [-0.3, -0.25) is 0 Å². The van der Waals surface area contributed by atoms with Gasteiger partial charge < -0.3 is 5.11 Å². The first-order valence-corrected chi connectivity index (χ1v) is 7.02. The molecule has 0 amide bonds. The van der Waals surface area contributed by atoms with E-state index in [0.29, 0.717) is 5.92 Å². The van der Waals surface area contributed by atoms with Gasteiger partial charge in [-0.1, -0.05) is 26.7 Å². The summed E-state index contributed by atoms with van der Waals surface area (Å²) in [5, 5.41) is 10.9. The molecular formula is C12H22OS. The Balaban J connectivity index is 2.17. The van der Waals surface area contributed by atoms with E-state index >= 15 is 0 Å². The Kier molecular flexibility index (Phi) is 2.87. The highest BCUT2D eigenvalue weighted by Gasteiger charge is 2.50. The Hall–Kier alpha value is 0.310. The smallest absolute Gasteiger partial charge is 0.0816 e. The van der Waals surface area contributed by atoms with E-state index in [-0.39, 0.29) is 11.0 Å². The van der Waals surface area contributed by atoms with Crippen LogP contribution < -0.4 is 0 Å². The second-order valence-corrected chi connectivity index (χ2v) is 6.70. The molecule has 1 unspecified atom stereocenters. The van der Waals surface area contributed by atoms with Crippen molar-refractivity contribution in [3.63, 3.8) is 0 Å². The van der Waals surface area contributed by atoms with Gasteiger partial charge in [-0.2, -0.15) is 11.8 Å². The molecule has 2 fully saturated rings. The fourth-order valence-electron chi connectivity index (χ4n) is 3.04. The van der Waals surface area contributed by atoms with Gasteiger partial charge in [-0.15, -0.1) is 0 Å². The Bertz CT molecular complexity index is 208. The van der Waals surface area contributed by atoms with Gasteiger partial charge in [0.2, 0.25) is 0 Å². The number of hydrogen-bond acceptors (Lipinski definition) is 2. The minimum Gasteiger partial charge on any atom is -0.388 e. The van der Waals surface area contributed by atoms with Crippen LogP contribution in [0.4, 0.5) is 0 Å². The van der Waals surface area contributed by atoms with Gasteiger partial charge in [-0.25, -0.2) is 0 Å². The summed E-state index contributed by atoms with van der Waals surface area (Å²) in [5.74, 6) is 2.76. The summed E-state index contributed by atoms with van der Waals surface area (Å²) in [4.78, 5) is 0. The van der Waals surface area contributed by atoms with Crippen molar-refractivity contribution in [1.82, 2.24) is 0 Å². The fraction of sp³-hybridized carbons (Fsp3) is 1.00. The van der Waals surface area contributed by atoms with Crippen molar-refractivity contribution in [2.75, 3.05) is 11.5 Å². The third kappa shape index (κ3) is 1.61. The molecule has 1 saturated heterocycles. The number of hydrogen-bond donors (Lipinski definition) is 1. The lowest BCUT2D eigenvalue weighted by molar-refractivity contribution is -0.0957. The molecule has 1 N–H and O–H groups in total. The predicted octanol–water partition coefficient (Wildman–Crippen LogP) is 3.07. The van der Waals surface area contributed by atoms with Crippen LogP contribution in [0.1, 0.15) is 46.0 Å². The first kappa shape index (κ1) is 10.8. The SMILES string of the molecule is CC1(C)CCSCC1(O)C1CCCC1. The summed E-state index contributed by atoms with van der Waals surface area (Å²) in [7, 11) is 0. The summed E-state index contributed by atoms with van der Waals surface area (Å²) < 4.78 is 0. The molecule has 0 spiro atoms. The molecule has 0 radical (unpaired) electrons. The summed E-state index contributed by atoms with van der Waals surface area (Å²) in [5.41, 5.74) is -0.250. The largest absolute Gasteiger partial charge is 0.388 e. The average Bonchev–Trinajstić information content (AvgIpc) is 2.63.